The lowest BCUT2D eigenvalue weighted by Gasteiger charge is -2.27. The number of carbonyl (C=O) groups is 2. The molecule has 0 spiro atoms. The third-order valence-electron chi connectivity index (χ3n) is 2.16. The van der Waals surface area contributed by atoms with E-state index in [2.05, 4.69) is 10.6 Å². The predicted molar refractivity (Wildman–Crippen MR) is 66.8 cm³/mol. The van der Waals surface area contributed by atoms with E-state index in [1.54, 1.807) is 20.8 Å². The van der Waals surface area contributed by atoms with E-state index < -0.39 is 23.5 Å². The third-order valence-corrected chi connectivity index (χ3v) is 2.16. The summed E-state index contributed by atoms with van der Waals surface area (Å²) in [6, 6.07) is -1.38. The van der Waals surface area contributed by atoms with Gasteiger partial charge in [-0.3, -0.25) is 0 Å². The standard InChI is InChI=1S/C12H22N2O3/c1-8(2)6-7-13-11(17)14-9(10(15)16)12(3,4)5/h6,9H,7H2,1-5H3,(H,15,16)(H2,13,14,17)/t9-/m1/s1. The number of amides is 2. The highest BCUT2D eigenvalue weighted by Gasteiger charge is 2.32. The maximum atomic E-state index is 11.5. The van der Waals surface area contributed by atoms with Crippen LogP contribution in [0, 0.1) is 5.41 Å². The molecule has 0 saturated heterocycles. The van der Waals surface area contributed by atoms with Crippen LogP contribution < -0.4 is 10.6 Å². The number of rotatable bonds is 4. The molecule has 3 N–H and O–H groups in total. The van der Waals surface area contributed by atoms with Gasteiger partial charge in [0, 0.05) is 6.54 Å². The Bertz CT molecular complexity index is 312. The first-order valence-corrected chi connectivity index (χ1v) is 5.55. The molecule has 0 aromatic heterocycles. The predicted octanol–water partition coefficient (Wildman–Crippen LogP) is 1.75. The van der Waals surface area contributed by atoms with Crippen molar-refractivity contribution in [2.45, 2.75) is 40.7 Å². The molecule has 0 aromatic carbocycles. The van der Waals surface area contributed by atoms with Gasteiger partial charge in [0.2, 0.25) is 0 Å². The number of aliphatic carboxylic acids is 1. The van der Waals surface area contributed by atoms with Gasteiger partial charge in [-0.25, -0.2) is 9.59 Å². The second-order valence-electron chi connectivity index (χ2n) is 5.27. The fourth-order valence-corrected chi connectivity index (χ4v) is 1.18. The summed E-state index contributed by atoms with van der Waals surface area (Å²) in [6.45, 7) is 9.54. The molecule has 17 heavy (non-hydrogen) atoms. The summed E-state index contributed by atoms with van der Waals surface area (Å²) in [6.07, 6.45) is 1.85. The molecule has 0 saturated carbocycles. The van der Waals surface area contributed by atoms with Gasteiger partial charge in [-0.1, -0.05) is 32.4 Å². The van der Waals surface area contributed by atoms with Crippen molar-refractivity contribution in [3.05, 3.63) is 11.6 Å². The molecule has 0 aliphatic rings. The Morgan fingerprint density at radius 1 is 1.29 bits per heavy atom. The Hall–Kier alpha value is -1.52. The number of carbonyl (C=O) groups excluding carboxylic acids is 1. The summed E-state index contributed by atoms with van der Waals surface area (Å²) in [7, 11) is 0. The first kappa shape index (κ1) is 15.5. The first-order valence-electron chi connectivity index (χ1n) is 5.55. The van der Waals surface area contributed by atoms with Crippen LogP contribution in [0.2, 0.25) is 0 Å². The largest absolute Gasteiger partial charge is 0.480 e. The molecular formula is C12H22N2O3. The minimum atomic E-state index is -1.03. The normalized spacial score (nSPS) is 12.5. The number of carboxylic acids is 1. The Labute approximate surface area is 102 Å². The van der Waals surface area contributed by atoms with Crippen LogP contribution in [0.5, 0.6) is 0 Å². The minimum Gasteiger partial charge on any atom is -0.480 e. The van der Waals surface area contributed by atoms with Crippen LogP contribution in [0.4, 0.5) is 4.79 Å². The van der Waals surface area contributed by atoms with E-state index in [0.717, 1.165) is 5.57 Å². The summed E-state index contributed by atoms with van der Waals surface area (Å²) in [5.41, 5.74) is 0.565. The van der Waals surface area contributed by atoms with Gasteiger partial charge in [-0.15, -0.1) is 0 Å². The van der Waals surface area contributed by atoms with E-state index in [1.165, 1.54) is 0 Å². The fourth-order valence-electron chi connectivity index (χ4n) is 1.18. The minimum absolute atomic E-state index is 0.394. The number of urea groups is 1. The van der Waals surface area contributed by atoms with Gasteiger partial charge in [-0.05, 0) is 19.3 Å². The third kappa shape index (κ3) is 6.60. The smallest absolute Gasteiger partial charge is 0.326 e. The Morgan fingerprint density at radius 3 is 2.18 bits per heavy atom. The molecule has 5 nitrogen and oxygen atoms in total. The van der Waals surface area contributed by atoms with Gasteiger partial charge in [-0.2, -0.15) is 0 Å². The average molecular weight is 242 g/mol. The lowest BCUT2D eigenvalue weighted by Crippen LogP contribution is -2.52. The van der Waals surface area contributed by atoms with Crippen molar-refractivity contribution in [1.82, 2.24) is 10.6 Å². The summed E-state index contributed by atoms with van der Waals surface area (Å²) < 4.78 is 0. The highest BCUT2D eigenvalue weighted by molar-refractivity contribution is 5.83. The molecular weight excluding hydrogens is 220 g/mol. The van der Waals surface area contributed by atoms with Crippen LogP contribution in [0.25, 0.3) is 0 Å². The Kier molecular flexibility index (Phi) is 5.71. The van der Waals surface area contributed by atoms with Crippen molar-refractivity contribution < 1.29 is 14.7 Å². The second-order valence-corrected chi connectivity index (χ2v) is 5.27. The molecule has 0 bridgehead atoms. The zero-order chi connectivity index (χ0) is 13.6. The summed E-state index contributed by atoms with van der Waals surface area (Å²) in [5.74, 6) is -1.03. The molecule has 1 atom stereocenters. The summed E-state index contributed by atoms with van der Waals surface area (Å²) >= 11 is 0. The Morgan fingerprint density at radius 2 is 1.82 bits per heavy atom. The lowest BCUT2D eigenvalue weighted by molar-refractivity contribution is -0.141. The van der Waals surface area contributed by atoms with Crippen LogP contribution in [0.3, 0.4) is 0 Å². The molecule has 0 rings (SSSR count). The number of carboxylic acid groups (broad SMARTS) is 1. The molecule has 0 unspecified atom stereocenters. The highest BCUT2D eigenvalue weighted by Crippen LogP contribution is 2.19. The van der Waals surface area contributed by atoms with Gasteiger partial charge < -0.3 is 15.7 Å². The zero-order valence-electron chi connectivity index (χ0n) is 11.1. The maximum absolute atomic E-state index is 11.5. The first-order chi connectivity index (χ1) is 7.64. The van der Waals surface area contributed by atoms with Crippen molar-refractivity contribution in [2.24, 2.45) is 5.41 Å². The van der Waals surface area contributed by atoms with E-state index in [9.17, 15) is 9.59 Å². The van der Waals surface area contributed by atoms with Crippen molar-refractivity contribution in [3.8, 4) is 0 Å². The van der Waals surface area contributed by atoms with Crippen LogP contribution >= 0.6 is 0 Å². The lowest BCUT2D eigenvalue weighted by atomic mass is 9.87. The van der Waals surface area contributed by atoms with Gasteiger partial charge in [0.1, 0.15) is 6.04 Å². The van der Waals surface area contributed by atoms with E-state index in [0.29, 0.717) is 6.54 Å². The van der Waals surface area contributed by atoms with Crippen molar-refractivity contribution >= 4 is 12.0 Å². The zero-order valence-corrected chi connectivity index (χ0v) is 11.1. The van der Waals surface area contributed by atoms with E-state index in [1.807, 2.05) is 19.9 Å². The summed E-state index contributed by atoms with van der Waals surface area (Å²) in [5, 5.41) is 14.0. The maximum Gasteiger partial charge on any atom is 0.326 e. The van der Waals surface area contributed by atoms with Gasteiger partial charge in [0.15, 0.2) is 0 Å². The molecule has 2 amide bonds. The van der Waals surface area contributed by atoms with Crippen molar-refractivity contribution in [1.29, 1.82) is 0 Å². The molecule has 5 heteroatoms. The van der Waals surface area contributed by atoms with E-state index >= 15 is 0 Å². The molecule has 0 aliphatic heterocycles. The highest BCUT2D eigenvalue weighted by atomic mass is 16.4. The quantitative estimate of drug-likeness (QED) is 0.657. The topological polar surface area (TPSA) is 78.4 Å². The molecule has 98 valence electrons. The van der Waals surface area contributed by atoms with Crippen LogP contribution in [0.15, 0.2) is 11.6 Å². The summed E-state index contributed by atoms with van der Waals surface area (Å²) in [4.78, 5) is 22.5. The molecule has 0 heterocycles. The van der Waals surface area contributed by atoms with E-state index in [-0.39, 0.29) is 0 Å². The van der Waals surface area contributed by atoms with Crippen LogP contribution in [-0.2, 0) is 4.79 Å². The van der Waals surface area contributed by atoms with Crippen LogP contribution in [0.1, 0.15) is 34.6 Å². The number of hydrogen-bond acceptors (Lipinski definition) is 2. The SMILES string of the molecule is CC(C)=CCNC(=O)N[C@H](C(=O)O)C(C)(C)C. The molecule has 0 aliphatic carbocycles. The monoisotopic (exact) mass is 242 g/mol. The van der Waals surface area contributed by atoms with Crippen molar-refractivity contribution in [3.63, 3.8) is 0 Å². The van der Waals surface area contributed by atoms with E-state index in [4.69, 9.17) is 5.11 Å². The van der Waals surface area contributed by atoms with Gasteiger partial charge in [0.25, 0.3) is 0 Å². The van der Waals surface area contributed by atoms with Crippen LogP contribution in [-0.4, -0.2) is 29.7 Å². The fraction of sp³-hybridized carbons (Fsp3) is 0.667. The van der Waals surface area contributed by atoms with Gasteiger partial charge in [0.05, 0.1) is 0 Å². The number of allylic oxidation sites excluding steroid dienone is 1. The number of hydrogen-bond donors (Lipinski definition) is 3. The van der Waals surface area contributed by atoms with Crippen molar-refractivity contribution in [2.75, 3.05) is 6.54 Å². The Balaban J connectivity index is 4.34. The van der Waals surface area contributed by atoms with Gasteiger partial charge >= 0.3 is 12.0 Å². The molecule has 0 aromatic rings. The number of nitrogens with one attached hydrogen (secondary N) is 2. The second kappa shape index (κ2) is 6.27. The molecule has 0 fully saturated rings. The molecule has 0 radical (unpaired) electrons. The average Bonchev–Trinajstić information content (AvgIpc) is 2.11.